The minimum absolute atomic E-state index is 0.848. The normalized spacial score (nSPS) is 10.5. The third-order valence-corrected chi connectivity index (χ3v) is 3.29. The Balaban J connectivity index is 2.87. The standard InChI is InChI=1S/C10H7BrINO/c1-14-10-3-6(11)2-7-8(10)4-13-5-9(7)12/h2-5H,1H3. The number of hydrogen-bond acceptors (Lipinski definition) is 2. The Morgan fingerprint density at radius 3 is 2.79 bits per heavy atom. The second-order valence-electron chi connectivity index (χ2n) is 2.82. The molecule has 1 aromatic heterocycles. The van der Waals surface area contributed by atoms with Crippen LogP contribution in [-0.4, -0.2) is 12.1 Å². The lowest BCUT2D eigenvalue weighted by Crippen LogP contribution is -1.88. The van der Waals surface area contributed by atoms with Gasteiger partial charge in [0.25, 0.3) is 0 Å². The summed E-state index contributed by atoms with van der Waals surface area (Å²) in [6, 6.07) is 4.02. The molecule has 2 aromatic rings. The number of methoxy groups -OCH3 is 1. The van der Waals surface area contributed by atoms with Crippen LogP contribution in [0.25, 0.3) is 10.8 Å². The maximum atomic E-state index is 5.29. The highest BCUT2D eigenvalue weighted by atomic mass is 127. The number of ether oxygens (including phenoxy) is 1. The Labute approximate surface area is 104 Å². The summed E-state index contributed by atoms with van der Waals surface area (Å²) in [6.07, 6.45) is 3.66. The van der Waals surface area contributed by atoms with Crippen molar-refractivity contribution in [2.75, 3.05) is 7.11 Å². The van der Waals surface area contributed by atoms with Crippen molar-refractivity contribution in [2.45, 2.75) is 0 Å². The predicted octanol–water partition coefficient (Wildman–Crippen LogP) is 3.61. The van der Waals surface area contributed by atoms with Crippen molar-refractivity contribution in [2.24, 2.45) is 0 Å². The molecular formula is C10H7BrINO. The van der Waals surface area contributed by atoms with Gasteiger partial charge >= 0.3 is 0 Å². The van der Waals surface area contributed by atoms with Crippen LogP contribution >= 0.6 is 38.5 Å². The van der Waals surface area contributed by atoms with Crippen LogP contribution in [0.1, 0.15) is 0 Å². The summed E-state index contributed by atoms with van der Waals surface area (Å²) >= 11 is 5.72. The Morgan fingerprint density at radius 1 is 1.29 bits per heavy atom. The van der Waals surface area contributed by atoms with Gasteiger partial charge in [0.05, 0.1) is 7.11 Å². The Bertz CT molecular complexity index is 487. The number of hydrogen-bond donors (Lipinski definition) is 0. The van der Waals surface area contributed by atoms with Gasteiger partial charge in [-0.15, -0.1) is 0 Å². The molecule has 0 aliphatic rings. The molecule has 0 aliphatic heterocycles. The fraction of sp³-hybridized carbons (Fsp3) is 0.100. The lowest BCUT2D eigenvalue weighted by Gasteiger charge is -2.06. The van der Waals surface area contributed by atoms with Crippen molar-refractivity contribution in [3.05, 3.63) is 32.6 Å². The summed E-state index contributed by atoms with van der Waals surface area (Å²) < 4.78 is 7.43. The first kappa shape index (κ1) is 10.2. The fourth-order valence-corrected chi connectivity index (χ4v) is 2.38. The molecule has 2 nitrogen and oxygen atoms in total. The van der Waals surface area contributed by atoms with Crippen LogP contribution in [0.15, 0.2) is 29.0 Å². The quantitative estimate of drug-likeness (QED) is 0.722. The third kappa shape index (κ3) is 1.72. The van der Waals surface area contributed by atoms with E-state index in [2.05, 4.69) is 49.6 Å². The molecule has 0 bridgehead atoms. The van der Waals surface area contributed by atoms with Gasteiger partial charge < -0.3 is 4.74 Å². The molecule has 0 radical (unpaired) electrons. The molecule has 0 aliphatic carbocycles. The highest BCUT2D eigenvalue weighted by Gasteiger charge is 2.05. The van der Waals surface area contributed by atoms with Crippen LogP contribution < -0.4 is 4.74 Å². The molecule has 14 heavy (non-hydrogen) atoms. The molecule has 0 N–H and O–H groups in total. The van der Waals surface area contributed by atoms with E-state index in [4.69, 9.17) is 4.74 Å². The Morgan fingerprint density at radius 2 is 2.07 bits per heavy atom. The fourth-order valence-electron chi connectivity index (χ4n) is 1.34. The van der Waals surface area contributed by atoms with E-state index >= 15 is 0 Å². The van der Waals surface area contributed by atoms with Gasteiger partial charge in [-0.1, -0.05) is 15.9 Å². The van der Waals surface area contributed by atoms with Crippen LogP contribution in [0, 0.1) is 3.57 Å². The number of benzene rings is 1. The first-order chi connectivity index (χ1) is 6.72. The highest BCUT2D eigenvalue weighted by molar-refractivity contribution is 14.1. The van der Waals surface area contributed by atoms with Crippen molar-refractivity contribution < 1.29 is 4.74 Å². The zero-order valence-electron chi connectivity index (χ0n) is 7.42. The van der Waals surface area contributed by atoms with Crippen LogP contribution in [-0.2, 0) is 0 Å². The van der Waals surface area contributed by atoms with Crippen LogP contribution in [0.4, 0.5) is 0 Å². The SMILES string of the molecule is COc1cc(Br)cc2c(I)cncc12. The van der Waals surface area contributed by atoms with E-state index in [1.807, 2.05) is 18.5 Å². The maximum Gasteiger partial charge on any atom is 0.129 e. The molecule has 0 spiro atoms. The smallest absolute Gasteiger partial charge is 0.129 e. The number of halogens is 2. The molecule has 1 heterocycles. The number of pyridine rings is 1. The van der Waals surface area contributed by atoms with Gasteiger partial charge in [0, 0.05) is 31.2 Å². The van der Waals surface area contributed by atoms with Gasteiger partial charge in [0.2, 0.25) is 0 Å². The van der Waals surface area contributed by atoms with Gasteiger partial charge in [-0.25, -0.2) is 0 Å². The van der Waals surface area contributed by atoms with Gasteiger partial charge in [0.1, 0.15) is 5.75 Å². The average molecular weight is 364 g/mol. The molecule has 0 unspecified atom stereocenters. The molecule has 4 heteroatoms. The van der Waals surface area contributed by atoms with Crippen molar-refractivity contribution in [3.63, 3.8) is 0 Å². The molecule has 0 saturated carbocycles. The van der Waals surface area contributed by atoms with E-state index in [0.717, 1.165) is 24.6 Å². The zero-order chi connectivity index (χ0) is 10.1. The van der Waals surface area contributed by atoms with Crippen molar-refractivity contribution in [1.82, 2.24) is 4.98 Å². The van der Waals surface area contributed by atoms with Gasteiger partial charge in [-0.3, -0.25) is 4.98 Å². The van der Waals surface area contributed by atoms with Gasteiger partial charge in [0.15, 0.2) is 0 Å². The Kier molecular flexibility index (Phi) is 2.92. The minimum atomic E-state index is 0.848. The van der Waals surface area contributed by atoms with E-state index in [9.17, 15) is 0 Å². The van der Waals surface area contributed by atoms with E-state index in [0.29, 0.717) is 0 Å². The molecule has 72 valence electrons. The Hall–Kier alpha value is -0.360. The molecule has 2 rings (SSSR count). The van der Waals surface area contributed by atoms with E-state index < -0.39 is 0 Å². The summed E-state index contributed by atoms with van der Waals surface area (Å²) in [5, 5.41) is 2.20. The summed E-state index contributed by atoms with van der Waals surface area (Å²) in [5.41, 5.74) is 0. The summed E-state index contributed by atoms with van der Waals surface area (Å²) in [5.74, 6) is 0.848. The van der Waals surface area contributed by atoms with Crippen molar-refractivity contribution >= 4 is 49.3 Å². The lowest BCUT2D eigenvalue weighted by atomic mass is 10.1. The van der Waals surface area contributed by atoms with Crippen LogP contribution in [0.5, 0.6) is 5.75 Å². The topological polar surface area (TPSA) is 22.1 Å². The number of fused-ring (bicyclic) bond motifs is 1. The predicted molar refractivity (Wildman–Crippen MR) is 68.7 cm³/mol. The monoisotopic (exact) mass is 363 g/mol. The van der Waals surface area contributed by atoms with E-state index in [1.54, 1.807) is 7.11 Å². The van der Waals surface area contributed by atoms with Crippen LogP contribution in [0.2, 0.25) is 0 Å². The summed E-state index contributed by atoms with van der Waals surface area (Å²) in [7, 11) is 1.67. The molecule has 0 amide bonds. The van der Waals surface area contributed by atoms with Crippen LogP contribution in [0.3, 0.4) is 0 Å². The van der Waals surface area contributed by atoms with E-state index in [1.165, 1.54) is 0 Å². The van der Waals surface area contributed by atoms with Crippen molar-refractivity contribution in [1.29, 1.82) is 0 Å². The zero-order valence-corrected chi connectivity index (χ0v) is 11.2. The first-order valence-electron chi connectivity index (χ1n) is 3.99. The first-order valence-corrected chi connectivity index (χ1v) is 5.86. The van der Waals surface area contributed by atoms with Gasteiger partial charge in [-0.05, 0) is 34.7 Å². The van der Waals surface area contributed by atoms with Crippen molar-refractivity contribution in [3.8, 4) is 5.75 Å². The molecule has 1 aromatic carbocycles. The highest BCUT2D eigenvalue weighted by Crippen LogP contribution is 2.31. The minimum Gasteiger partial charge on any atom is -0.496 e. The lowest BCUT2D eigenvalue weighted by molar-refractivity contribution is 0.419. The second-order valence-corrected chi connectivity index (χ2v) is 4.90. The number of rotatable bonds is 1. The van der Waals surface area contributed by atoms with E-state index in [-0.39, 0.29) is 0 Å². The number of aromatic nitrogens is 1. The molecular weight excluding hydrogens is 357 g/mol. The average Bonchev–Trinajstić information content (AvgIpc) is 2.18. The maximum absolute atomic E-state index is 5.29. The van der Waals surface area contributed by atoms with Gasteiger partial charge in [-0.2, -0.15) is 0 Å². The molecule has 0 atom stereocenters. The second kappa shape index (κ2) is 4.02. The molecule has 0 saturated heterocycles. The number of nitrogens with zero attached hydrogens (tertiary/aromatic N) is 1. The summed E-state index contributed by atoms with van der Waals surface area (Å²) in [4.78, 5) is 4.15. The molecule has 0 fully saturated rings. The summed E-state index contributed by atoms with van der Waals surface area (Å²) in [6.45, 7) is 0. The third-order valence-electron chi connectivity index (χ3n) is 1.98. The largest absolute Gasteiger partial charge is 0.496 e.